The van der Waals surface area contributed by atoms with E-state index < -0.39 is 0 Å². The minimum Gasteiger partial charge on any atom is -0.394 e. The average molecular weight is 335 g/mol. The van der Waals surface area contributed by atoms with Crippen molar-refractivity contribution in [2.75, 3.05) is 11.9 Å². The lowest BCUT2D eigenvalue weighted by Crippen LogP contribution is -2.05. The summed E-state index contributed by atoms with van der Waals surface area (Å²) in [5.41, 5.74) is 2.56. The highest BCUT2D eigenvalue weighted by Crippen LogP contribution is 2.23. The molecule has 0 saturated heterocycles. The number of rotatable bonds is 6. The molecule has 122 valence electrons. The summed E-state index contributed by atoms with van der Waals surface area (Å²) in [7, 11) is 0. The normalized spacial score (nSPS) is 11.5. The van der Waals surface area contributed by atoms with Gasteiger partial charge < -0.3 is 10.4 Å². The van der Waals surface area contributed by atoms with Crippen LogP contribution in [-0.2, 0) is 13.1 Å². The number of nitrogens with zero attached hydrogens (tertiary/aromatic N) is 5. The highest BCUT2D eigenvalue weighted by molar-refractivity contribution is 6.30. The number of aliphatic hydroxyl groups excluding tert-OH is 1. The average Bonchev–Trinajstić information content (AvgIpc) is 3.11. The first-order valence-electron chi connectivity index (χ1n) is 7.48. The van der Waals surface area contributed by atoms with Gasteiger partial charge in [0, 0.05) is 29.7 Å². The molecule has 0 amide bonds. The van der Waals surface area contributed by atoms with E-state index in [-0.39, 0.29) is 12.6 Å². The predicted octanol–water partition coefficient (Wildman–Crippen LogP) is 2.47. The van der Waals surface area contributed by atoms with Gasteiger partial charge in [0.25, 0.3) is 0 Å². The molecular weight excluding hydrogens is 316 g/mol. The van der Waals surface area contributed by atoms with Crippen LogP contribution in [0.15, 0.2) is 24.7 Å². The monoisotopic (exact) mass is 334 g/mol. The zero-order valence-electron chi connectivity index (χ0n) is 13.1. The number of aromatic nitrogens is 5. The van der Waals surface area contributed by atoms with Gasteiger partial charge in [-0.3, -0.25) is 4.68 Å². The summed E-state index contributed by atoms with van der Waals surface area (Å²) in [4.78, 5) is 4.48. The Morgan fingerprint density at radius 1 is 1.30 bits per heavy atom. The molecule has 8 heteroatoms. The van der Waals surface area contributed by atoms with Crippen LogP contribution in [-0.4, -0.2) is 36.3 Å². The molecule has 0 radical (unpaired) electrons. The Morgan fingerprint density at radius 2 is 2.13 bits per heavy atom. The standard InChI is InChI=1S/C15H19ClN6O/c1-10(2)22-15-12(7-19-22)5-11(14(16)20-15)6-17-13-8-18-21(9-13)3-4-23/h5,7-10,17,23H,3-4,6H2,1-2H3. The van der Waals surface area contributed by atoms with Crippen LogP contribution in [0.3, 0.4) is 0 Å². The van der Waals surface area contributed by atoms with Gasteiger partial charge in [-0.05, 0) is 19.9 Å². The van der Waals surface area contributed by atoms with Crippen LogP contribution in [0.4, 0.5) is 5.69 Å². The summed E-state index contributed by atoms with van der Waals surface area (Å²) < 4.78 is 3.54. The predicted molar refractivity (Wildman–Crippen MR) is 89.6 cm³/mol. The number of hydrogen-bond acceptors (Lipinski definition) is 5. The van der Waals surface area contributed by atoms with Crippen LogP contribution in [0, 0.1) is 0 Å². The lowest BCUT2D eigenvalue weighted by molar-refractivity contribution is 0.269. The minimum atomic E-state index is 0.0629. The van der Waals surface area contributed by atoms with Gasteiger partial charge in [-0.1, -0.05) is 11.6 Å². The third-order valence-electron chi connectivity index (χ3n) is 3.53. The molecule has 0 aliphatic heterocycles. The molecule has 2 N–H and O–H groups in total. The summed E-state index contributed by atoms with van der Waals surface area (Å²) in [5.74, 6) is 0. The van der Waals surface area contributed by atoms with Crippen molar-refractivity contribution < 1.29 is 5.11 Å². The summed E-state index contributed by atoms with van der Waals surface area (Å²) in [5, 5.41) is 22.1. The minimum absolute atomic E-state index is 0.0629. The van der Waals surface area contributed by atoms with Crippen molar-refractivity contribution in [3.05, 3.63) is 35.4 Å². The third kappa shape index (κ3) is 3.30. The van der Waals surface area contributed by atoms with Crippen LogP contribution in [0.1, 0.15) is 25.5 Å². The van der Waals surface area contributed by atoms with Crippen molar-refractivity contribution in [2.45, 2.75) is 33.0 Å². The molecule has 0 saturated carbocycles. The van der Waals surface area contributed by atoms with Crippen molar-refractivity contribution in [1.29, 1.82) is 0 Å². The molecule has 3 aromatic heterocycles. The van der Waals surface area contributed by atoms with E-state index in [0.29, 0.717) is 18.2 Å². The first-order valence-corrected chi connectivity index (χ1v) is 7.86. The molecule has 3 heterocycles. The third-order valence-corrected chi connectivity index (χ3v) is 3.86. The first kappa shape index (κ1) is 15.8. The second-order valence-electron chi connectivity index (χ2n) is 5.60. The van der Waals surface area contributed by atoms with Crippen molar-refractivity contribution >= 4 is 28.3 Å². The van der Waals surface area contributed by atoms with Crippen LogP contribution in [0.5, 0.6) is 0 Å². The Kier molecular flexibility index (Phi) is 4.49. The Hall–Kier alpha value is -2.12. The zero-order chi connectivity index (χ0) is 16.4. The number of nitrogens with one attached hydrogen (secondary N) is 1. The molecule has 0 atom stereocenters. The second kappa shape index (κ2) is 6.55. The molecule has 0 fully saturated rings. The highest BCUT2D eigenvalue weighted by Gasteiger charge is 2.11. The zero-order valence-corrected chi connectivity index (χ0v) is 13.8. The Labute approximate surface area is 138 Å². The van der Waals surface area contributed by atoms with Crippen LogP contribution in [0.2, 0.25) is 5.15 Å². The molecule has 23 heavy (non-hydrogen) atoms. The van der Waals surface area contributed by atoms with Gasteiger partial charge in [-0.15, -0.1) is 0 Å². The lowest BCUT2D eigenvalue weighted by Gasteiger charge is -2.09. The molecule has 0 bridgehead atoms. The SMILES string of the molecule is CC(C)n1ncc2cc(CNc3cnn(CCO)c3)c(Cl)nc21. The fourth-order valence-corrected chi connectivity index (χ4v) is 2.58. The molecule has 0 spiro atoms. The van der Waals surface area contributed by atoms with Gasteiger partial charge in [0.1, 0.15) is 5.15 Å². The number of halogens is 1. The summed E-state index contributed by atoms with van der Waals surface area (Å²) in [6.07, 6.45) is 5.36. The molecule has 7 nitrogen and oxygen atoms in total. The molecule has 0 unspecified atom stereocenters. The van der Waals surface area contributed by atoms with E-state index in [1.165, 1.54) is 0 Å². The van der Waals surface area contributed by atoms with Gasteiger partial charge in [0.15, 0.2) is 5.65 Å². The summed E-state index contributed by atoms with van der Waals surface area (Å²) in [6.45, 7) is 5.19. The quantitative estimate of drug-likeness (QED) is 0.677. The Bertz CT molecular complexity index is 810. The van der Waals surface area contributed by atoms with Gasteiger partial charge in [0.05, 0.1) is 31.2 Å². The molecule has 0 aliphatic carbocycles. The first-order chi connectivity index (χ1) is 11.1. The van der Waals surface area contributed by atoms with Crippen molar-refractivity contribution in [3.63, 3.8) is 0 Å². The molecular formula is C15H19ClN6O. The van der Waals surface area contributed by atoms with Crippen LogP contribution >= 0.6 is 11.6 Å². The maximum Gasteiger partial charge on any atom is 0.159 e. The van der Waals surface area contributed by atoms with E-state index >= 15 is 0 Å². The fourth-order valence-electron chi connectivity index (χ4n) is 2.38. The lowest BCUT2D eigenvalue weighted by atomic mass is 10.2. The number of fused-ring (bicyclic) bond motifs is 1. The molecule has 0 aromatic carbocycles. The van der Waals surface area contributed by atoms with Crippen molar-refractivity contribution in [2.24, 2.45) is 0 Å². The molecule has 0 aliphatic rings. The number of aliphatic hydroxyl groups is 1. The van der Waals surface area contributed by atoms with E-state index in [1.807, 2.05) is 16.9 Å². The fraction of sp³-hybridized carbons (Fsp3) is 0.400. The maximum absolute atomic E-state index is 8.90. The summed E-state index contributed by atoms with van der Waals surface area (Å²) >= 11 is 6.31. The maximum atomic E-state index is 8.90. The van der Waals surface area contributed by atoms with Crippen molar-refractivity contribution in [1.82, 2.24) is 24.5 Å². The largest absolute Gasteiger partial charge is 0.394 e. The Balaban J connectivity index is 1.78. The van der Waals surface area contributed by atoms with Crippen LogP contribution in [0.25, 0.3) is 11.0 Å². The van der Waals surface area contributed by atoms with Gasteiger partial charge >= 0.3 is 0 Å². The topological polar surface area (TPSA) is 80.8 Å². The summed E-state index contributed by atoms with van der Waals surface area (Å²) in [6, 6.07) is 2.24. The van der Waals surface area contributed by atoms with E-state index in [2.05, 4.69) is 34.3 Å². The molecule has 3 rings (SSSR count). The van der Waals surface area contributed by atoms with E-state index in [9.17, 15) is 0 Å². The second-order valence-corrected chi connectivity index (χ2v) is 5.96. The number of pyridine rings is 1. The van der Waals surface area contributed by atoms with Gasteiger partial charge in [-0.25, -0.2) is 9.67 Å². The number of anilines is 1. The Morgan fingerprint density at radius 3 is 2.87 bits per heavy atom. The molecule has 3 aromatic rings. The van der Waals surface area contributed by atoms with Crippen molar-refractivity contribution in [3.8, 4) is 0 Å². The smallest absolute Gasteiger partial charge is 0.159 e. The van der Waals surface area contributed by atoms with Crippen LogP contribution < -0.4 is 5.32 Å². The van der Waals surface area contributed by atoms with E-state index in [0.717, 1.165) is 22.3 Å². The van der Waals surface area contributed by atoms with Gasteiger partial charge in [-0.2, -0.15) is 10.2 Å². The van der Waals surface area contributed by atoms with Gasteiger partial charge in [0.2, 0.25) is 0 Å². The van der Waals surface area contributed by atoms with E-state index in [4.69, 9.17) is 16.7 Å². The number of hydrogen-bond donors (Lipinski definition) is 2. The highest BCUT2D eigenvalue weighted by atomic mass is 35.5. The van der Waals surface area contributed by atoms with E-state index in [1.54, 1.807) is 17.1 Å².